The van der Waals surface area contributed by atoms with Gasteiger partial charge in [0, 0.05) is 6.04 Å². The van der Waals surface area contributed by atoms with Crippen LogP contribution in [0.15, 0.2) is 21.7 Å². The first-order chi connectivity index (χ1) is 6.92. The fourth-order valence-electron chi connectivity index (χ4n) is 1.04. The smallest absolute Gasteiger partial charge is 0.304 e. The average molecular weight is 249 g/mol. The third-order valence-corrected chi connectivity index (χ3v) is 4.58. The maximum atomic E-state index is 11.6. The Morgan fingerprint density at radius 1 is 1.67 bits per heavy atom. The molecule has 7 heteroatoms. The highest BCUT2D eigenvalue weighted by Crippen LogP contribution is 2.15. The molecule has 0 saturated carbocycles. The summed E-state index contributed by atoms with van der Waals surface area (Å²) in [6.07, 6.45) is -0.232. The summed E-state index contributed by atoms with van der Waals surface area (Å²) in [5.41, 5.74) is 0. The lowest BCUT2D eigenvalue weighted by molar-refractivity contribution is -0.137. The maximum Gasteiger partial charge on any atom is 0.304 e. The van der Waals surface area contributed by atoms with E-state index in [1.807, 2.05) is 0 Å². The highest BCUT2D eigenvalue weighted by Gasteiger charge is 2.19. The molecule has 1 heterocycles. The molecule has 84 valence electrons. The Hall–Kier alpha value is -0.920. The minimum absolute atomic E-state index is 0.194. The van der Waals surface area contributed by atoms with E-state index in [0.29, 0.717) is 0 Å². The van der Waals surface area contributed by atoms with Crippen LogP contribution < -0.4 is 4.72 Å². The summed E-state index contributed by atoms with van der Waals surface area (Å²) in [7, 11) is -3.56. The van der Waals surface area contributed by atoms with Gasteiger partial charge in [0.05, 0.1) is 6.42 Å². The van der Waals surface area contributed by atoms with Gasteiger partial charge in [-0.3, -0.25) is 4.79 Å². The molecule has 0 aromatic carbocycles. The normalized spacial score (nSPS) is 13.7. The van der Waals surface area contributed by atoms with E-state index < -0.39 is 22.0 Å². The zero-order chi connectivity index (χ0) is 11.5. The predicted octanol–water partition coefficient (Wildman–Crippen LogP) is 0.890. The molecule has 0 fully saturated rings. The number of sulfonamides is 1. The van der Waals surface area contributed by atoms with Gasteiger partial charge in [-0.1, -0.05) is 6.07 Å². The molecule has 0 aliphatic heterocycles. The molecule has 5 nitrogen and oxygen atoms in total. The number of hydrogen-bond donors (Lipinski definition) is 2. The molecule has 0 spiro atoms. The van der Waals surface area contributed by atoms with Crippen molar-refractivity contribution in [2.75, 3.05) is 0 Å². The summed E-state index contributed by atoms with van der Waals surface area (Å²) in [5, 5.41) is 10.1. The molecule has 2 N–H and O–H groups in total. The number of carboxylic acids is 1. The van der Waals surface area contributed by atoms with Gasteiger partial charge in [0.25, 0.3) is 0 Å². The Balaban J connectivity index is 2.69. The lowest BCUT2D eigenvalue weighted by Gasteiger charge is -2.10. The van der Waals surface area contributed by atoms with Gasteiger partial charge in [-0.2, -0.15) is 0 Å². The molecular weight excluding hydrogens is 238 g/mol. The van der Waals surface area contributed by atoms with Gasteiger partial charge >= 0.3 is 5.97 Å². The second-order valence-corrected chi connectivity index (χ2v) is 5.94. The molecule has 1 aromatic rings. The van der Waals surface area contributed by atoms with E-state index in [1.165, 1.54) is 13.0 Å². The van der Waals surface area contributed by atoms with Gasteiger partial charge in [-0.15, -0.1) is 11.3 Å². The summed E-state index contributed by atoms with van der Waals surface area (Å²) in [6, 6.07) is 2.48. The Labute approximate surface area is 91.8 Å². The highest BCUT2D eigenvalue weighted by atomic mass is 32.2. The molecule has 15 heavy (non-hydrogen) atoms. The Bertz CT molecular complexity index is 424. The van der Waals surface area contributed by atoms with E-state index in [9.17, 15) is 13.2 Å². The monoisotopic (exact) mass is 249 g/mol. The first-order valence-electron chi connectivity index (χ1n) is 4.19. The van der Waals surface area contributed by atoms with E-state index in [4.69, 9.17) is 5.11 Å². The van der Waals surface area contributed by atoms with Crippen molar-refractivity contribution in [3.8, 4) is 0 Å². The van der Waals surface area contributed by atoms with Crippen LogP contribution in [0.4, 0.5) is 0 Å². The van der Waals surface area contributed by atoms with E-state index in [2.05, 4.69) is 4.72 Å². The number of rotatable bonds is 5. The molecule has 0 bridgehead atoms. The van der Waals surface area contributed by atoms with Crippen LogP contribution in [0.3, 0.4) is 0 Å². The van der Waals surface area contributed by atoms with Crippen molar-refractivity contribution in [3.05, 3.63) is 17.5 Å². The number of aliphatic carboxylic acids is 1. The zero-order valence-electron chi connectivity index (χ0n) is 8.00. The number of nitrogens with one attached hydrogen (secondary N) is 1. The molecule has 0 amide bonds. The molecule has 1 atom stereocenters. The largest absolute Gasteiger partial charge is 0.481 e. The minimum Gasteiger partial charge on any atom is -0.481 e. The first kappa shape index (κ1) is 12.2. The van der Waals surface area contributed by atoms with Crippen molar-refractivity contribution >= 4 is 27.3 Å². The minimum atomic E-state index is -3.56. The van der Waals surface area contributed by atoms with Crippen LogP contribution in [-0.2, 0) is 14.8 Å². The van der Waals surface area contributed by atoms with E-state index >= 15 is 0 Å². The Morgan fingerprint density at radius 3 is 2.80 bits per heavy atom. The van der Waals surface area contributed by atoms with Crippen LogP contribution in [0.1, 0.15) is 13.3 Å². The van der Waals surface area contributed by atoms with Gasteiger partial charge in [0.15, 0.2) is 0 Å². The van der Waals surface area contributed by atoms with Crippen molar-refractivity contribution in [2.24, 2.45) is 0 Å². The van der Waals surface area contributed by atoms with E-state index in [1.54, 1.807) is 11.4 Å². The number of hydrogen-bond acceptors (Lipinski definition) is 4. The molecule has 1 unspecified atom stereocenters. The van der Waals surface area contributed by atoms with Crippen molar-refractivity contribution in [1.29, 1.82) is 0 Å². The number of carboxylic acid groups (broad SMARTS) is 1. The van der Waals surface area contributed by atoms with E-state index in [0.717, 1.165) is 11.3 Å². The van der Waals surface area contributed by atoms with Crippen LogP contribution in [0.2, 0.25) is 0 Å². The van der Waals surface area contributed by atoms with Crippen LogP contribution in [0, 0.1) is 0 Å². The molecule has 0 radical (unpaired) electrons. The lowest BCUT2D eigenvalue weighted by Crippen LogP contribution is -2.33. The highest BCUT2D eigenvalue weighted by molar-refractivity contribution is 7.91. The van der Waals surface area contributed by atoms with Crippen molar-refractivity contribution in [1.82, 2.24) is 4.72 Å². The van der Waals surface area contributed by atoms with Crippen LogP contribution in [0.25, 0.3) is 0 Å². The SMILES string of the molecule is CC(CC(=O)O)NS(=O)(=O)c1cccs1. The fourth-order valence-corrected chi connectivity index (χ4v) is 3.30. The quantitative estimate of drug-likeness (QED) is 0.811. The predicted molar refractivity (Wildman–Crippen MR) is 56.4 cm³/mol. The summed E-state index contributed by atoms with van der Waals surface area (Å²) in [6.45, 7) is 1.51. The van der Waals surface area contributed by atoms with Crippen molar-refractivity contribution < 1.29 is 18.3 Å². The topological polar surface area (TPSA) is 83.5 Å². The number of thiophene rings is 1. The summed E-state index contributed by atoms with van der Waals surface area (Å²) < 4.78 is 25.7. The number of carbonyl (C=O) groups is 1. The van der Waals surface area contributed by atoms with Crippen molar-refractivity contribution in [2.45, 2.75) is 23.6 Å². The van der Waals surface area contributed by atoms with Crippen LogP contribution >= 0.6 is 11.3 Å². The van der Waals surface area contributed by atoms with Gasteiger partial charge < -0.3 is 5.11 Å². The van der Waals surface area contributed by atoms with Crippen LogP contribution in [-0.4, -0.2) is 25.5 Å². The third-order valence-electron chi connectivity index (χ3n) is 1.60. The Kier molecular flexibility index (Phi) is 3.83. The van der Waals surface area contributed by atoms with Gasteiger partial charge in [-0.25, -0.2) is 13.1 Å². The summed E-state index contributed by atoms with van der Waals surface area (Å²) in [4.78, 5) is 10.3. The average Bonchev–Trinajstić information content (AvgIpc) is 2.51. The maximum absolute atomic E-state index is 11.6. The molecular formula is C8H11NO4S2. The third kappa shape index (κ3) is 3.61. The molecule has 1 rings (SSSR count). The molecule has 0 aliphatic carbocycles. The second kappa shape index (κ2) is 4.73. The molecule has 0 aliphatic rings. The summed E-state index contributed by atoms with van der Waals surface area (Å²) in [5.74, 6) is -1.03. The van der Waals surface area contributed by atoms with Gasteiger partial charge in [0.2, 0.25) is 10.0 Å². The fraction of sp³-hybridized carbons (Fsp3) is 0.375. The molecule has 1 aromatic heterocycles. The lowest BCUT2D eigenvalue weighted by atomic mass is 10.3. The van der Waals surface area contributed by atoms with E-state index in [-0.39, 0.29) is 10.6 Å². The molecule has 0 saturated heterocycles. The van der Waals surface area contributed by atoms with Crippen molar-refractivity contribution in [3.63, 3.8) is 0 Å². The summed E-state index contributed by atoms with van der Waals surface area (Å²) >= 11 is 1.09. The first-order valence-corrected chi connectivity index (χ1v) is 6.56. The Morgan fingerprint density at radius 2 is 2.33 bits per heavy atom. The second-order valence-electron chi connectivity index (χ2n) is 3.05. The van der Waals surface area contributed by atoms with Gasteiger partial charge in [0.1, 0.15) is 4.21 Å². The zero-order valence-corrected chi connectivity index (χ0v) is 9.64. The van der Waals surface area contributed by atoms with Gasteiger partial charge in [-0.05, 0) is 18.4 Å². The standard InChI is InChI=1S/C8H11NO4S2/c1-6(5-7(10)11)9-15(12,13)8-3-2-4-14-8/h2-4,6,9H,5H2,1H3,(H,10,11). The van der Waals surface area contributed by atoms with Crippen LogP contribution in [0.5, 0.6) is 0 Å².